The van der Waals surface area contributed by atoms with Crippen molar-refractivity contribution in [1.29, 1.82) is 5.26 Å². The molecule has 1 aromatic heterocycles. The molecule has 0 aliphatic carbocycles. The predicted molar refractivity (Wildman–Crippen MR) is 85.9 cm³/mol. The van der Waals surface area contributed by atoms with Gasteiger partial charge in [0.2, 0.25) is 0 Å². The van der Waals surface area contributed by atoms with E-state index in [1.807, 2.05) is 12.1 Å². The van der Waals surface area contributed by atoms with Crippen LogP contribution in [0, 0.1) is 11.3 Å². The summed E-state index contributed by atoms with van der Waals surface area (Å²) in [5.74, 6) is -0.782. The molecule has 2 rings (SSSR count). The number of amides is 1. The largest absolute Gasteiger partial charge is 0.452 e. The van der Waals surface area contributed by atoms with Gasteiger partial charge in [0, 0.05) is 17.3 Å². The first kappa shape index (κ1) is 16.5. The van der Waals surface area contributed by atoms with Gasteiger partial charge in [0.15, 0.2) is 6.61 Å². The monoisotopic (exact) mass is 327 g/mol. The van der Waals surface area contributed by atoms with Crippen LogP contribution in [-0.2, 0) is 9.53 Å². The van der Waals surface area contributed by atoms with Gasteiger partial charge in [-0.15, -0.1) is 11.8 Å². The van der Waals surface area contributed by atoms with Gasteiger partial charge in [-0.3, -0.25) is 9.78 Å². The topological polar surface area (TPSA) is 92.1 Å². The smallest absolute Gasteiger partial charge is 0.340 e. The van der Waals surface area contributed by atoms with E-state index >= 15 is 0 Å². The molecule has 0 saturated carbocycles. The van der Waals surface area contributed by atoms with Gasteiger partial charge >= 0.3 is 5.97 Å². The number of nitrogens with zero attached hydrogens (tertiary/aromatic N) is 2. The average Bonchev–Trinajstić information content (AvgIpc) is 2.59. The molecule has 116 valence electrons. The minimum atomic E-state index is -0.611. The predicted octanol–water partition coefficient (Wildman–Crippen LogP) is 2.49. The van der Waals surface area contributed by atoms with Crippen LogP contribution in [0.1, 0.15) is 10.4 Å². The number of benzene rings is 1. The fourth-order valence-electron chi connectivity index (χ4n) is 1.69. The Labute approximate surface area is 137 Å². The molecule has 23 heavy (non-hydrogen) atoms. The number of carbonyl (C=O) groups is 2. The average molecular weight is 327 g/mol. The second-order valence-corrected chi connectivity index (χ2v) is 5.33. The first-order valence-electron chi connectivity index (χ1n) is 6.66. The molecule has 6 nitrogen and oxygen atoms in total. The van der Waals surface area contributed by atoms with Crippen molar-refractivity contribution >= 4 is 29.3 Å². The molecule has 0 aliphatic heterocycles. The third-order valence-corrected chi connectivity index (χ3v) is 3.63. The van der Waals surface area contributed by atoms with Gasteiger partial charge in [0.1, 0.15) is 0 Å². The van der Waals surface area contributed by atoms with Crippen molar-refractivity contribution in [1.82, 2.24) is 4.98 Å². The molecule has 0 spiro atoms. The van der Waals surface area contributed by atoms with Crippen LogP contribution < -0.4 is 5.32 Å². The molecule has 1 aromatic carbocycles. The third kappa shape index (κ3) is 5.13. The summed E-state index contributed by atoms with van der Waals surface area (Å²) >= 11 is 1.32. The van der Waals surface area contributed by atoms with Crippen LogP contribution in [-0.4, -0.2) is 29.2 Å². The van der Waals surface area contributed by atoms with E-state index in [0.717, 1.165) is 4.90 Å². The Morgan fingerprint density at radius 1 is 1.26 bits per heavy atom. The maximum Gasteiger partial charge on any atom is 0.340 e. The molecule has 2 aromatic rings. The van der Waals surface area contributed by atoms with Crippen LogP contribution in [0.5, 0.6) is 0 Å². The Morgan fingerprint density at radius 3 is 2.83 bits per heavy atom. The number of hydrogen-bond acceptors (Lipinski definition) is 6. The van der Waals surface area contributed by atoms with Crippen molar-refractivity contribution in [2.24, 2.45) is 0 Å². The van der Waals surface area contributed by atoms with Crippen molar-refractivity contribution < 1.29 is 14.3 Å². The number of ether oxygens (including phenoxy) is 1. The van der Waals surface area contributed by atoms with E-state index in [9.17, 15) is 9.59 Å². The zero-order chi connectivity index (χ0) is 16.5. The lowest BCUT2D eigenvalue weighted by Gasteiger charge is -2.10. The molecule has 0 atom stereocenters. The summed E-state index contributed by atoms with van der Waals surface area (Å²) in [5, 5.41) is 11.3. The fourth-order valence-corrected chi connectivity index (χ4v) is 2.36. The van der Waals surface area contributed by atoms with E-state index < -0.39 is 18.5 Å². The maximum absolute atomic E-state index is 11.9. The van der Waals surface area contributed by atoms with Crippen molar-refractivity contribution in [2.75, 3.05) is 17.7 Å². The zero-order valence-electron chi connectivity index (χ0n) is 12.1. The Kier molecular flexibility index (Phi) is 6.15. The third-order valence-electron chi connectivity index (χ3n) is 2.68. The molecule has 1 N–H and O–H groups in total. The molecule has 0 fully saturated rings. The number of nitrogens with one attached hydrogen (secondary N) is 1. The van der Waals surface area contributed by atoms with Crippen LogP contribution >= 0.6 is 11.8 Å². The van der Waals surface area contributed by atoms with Gasteiger partial charge in [-0.2, -0.15) is 5.26 Å². The molecular formula is C16H13N3O3S. The summed E-state index contributed by atoms with van der Waals surface area (Å²) in [6.45, 7) is -0.398. The van der Waals surface area contributed by atoms with Gasteiger partial charge in [-0.1, -0.05) is 12.1 Å². The highest BCUT2D eigenvalue weighted by Crippen LogP contribution is 2.26. The molecule has 1 heterocycles. The lowest BCUT2D eigenvalue weighted by molar-refractivity contribution is -0.119. The highest BCUT2D eigenvalue weighted by Gasteiger charge is 2.11. The fraction of sp³-hybridized carbons (Fsp3) is 0.125. The molecule has 0 unspecified atom stereocenters. The summed E-state index contributed by atoms with van der Waals surface area (Å²) in [7, 11) is 0. The zero-order valence-corrected chi connectivity index (χ0v) is 12.9. The van der Waals surface area contributed by atoms with Gasteiger partial charge < -0.3 is 10.1 Å². The summed E-state index contributed by atoms with van der Waals surface area (Å²) in [5.41, 5.74) is 0.862. The second kappa shape index (κ2) is 8.56. The summed E-state index contributed by atoms with van der Waals surface area (Å²) < 4.78 is 4.93. The van der Waals surface area contributed by atoms with Crippen LogP contribution in [0.2, 0.25) is 0 Å². The van der Waals surface area contributed by atoms with Crippen LogP contribution in [0.25, 0.3) is 0 Å². The first-order valence-corrected chi connectivity index (χ1v) is 7.65. The molecule has 0 radical (unpaired) electrons. The van der Waals surface area contributed by atoms with E-state index in [1.165, 1.54) is 18.0 Å². The minimum absolute atomic E-state index is 0.281. The van der Waals surface area contributed by atoms with Gasteiger partial charge in [-0.25, -0.2) is 4.79 Å². The number of rotatable bonds is 6. The Bertz CT molecular complexity index is 729. The standard InChI is InChI=1S/C16H13N3O3S/c17-7-9-23-14-6-2-1-5-13(14)19-15(20)11-22-16(21)12-4-3-8-18-10-12/h1-6,8,10H,9,11H2,(H,19,20). The number of para-hydroxylation sites is 1. The molecule has 1 amide bonds. The summed E-state index contributed by atoms with van der Waals surface area (Å²) in [4.78, 5) is 28.2. The number of pyridine rings is 1. The number of aromatic nitrogens is 1. The number of esters is 1. The molecule has 0 bridgehead atoms. The number of thioether (sulfide) groups is 1. The highest BCUT2D eigenvalue weighted by atomic mass is 32.2. The number of anilines is 1. The second-order valence-electron chi connectivity index (χ2n) is 4.31. The van der Waals surface area contributed by atoms with Crippen molar-refractivity contribution in [3.63, 3.8) is 0 Å². The molecule has 0 saturated heterocycles. The number of nitriles is 1. The van der Waals surface area contributed by atoms with Gasteiger partial charge in [0.25, 0.3) is 5.91 Å². The first-order chi connectivity index (χ1) is 11.2. The summed E-state index contributed by atoms with van der Waals surface area (Å²) in [6.07, 6.45) is 2.91. The van der Waals surface area contributed by atoms with E-state index in [2.05, 4.69) is 10.3 Å². The molecular weight excluding hydrogens is 314 g/mol. The van der Waals surface area contributed by atoms with Crippen molar-refractivity contribution in [3.05, 3.63) is 54.4 Å². The SMILES string of the molecule is N#CCSc1ccccc1NC(=O)COC(=O)c1cccnc1. The highest BCUT2D eigenvalue weighted by molar-refractivity contribution is 7.99. The van der Waals surface area contributed by atoms with Gasteiger partial charge in [-0.05, 0) is 24.3 Å². The van der Waals surface area contributed by atoms with Crippen molar-refractivity contribution in [3.8, 4) is 6.07 Å². The molecule has 7 heteroatoms. The quantitative estimate of drug-likeness (QED) is 0.647. The van der Waals surface area contributed by atoms with E-state index in [4.69, 9.17) is 10.00 Å². The lowest BCUT2D eigenvalue weighted by atomic mass is 10.3. The van der Waals surface area contributed by atoms with E-state index in [-0.39, 0.29) is 11.3 Å². The van der Waals surface area contributed by atoms with Crippen LogP contribution in [0.15, 0.2) is 53.7 Å². The number of carbonyl (C=O) groups excluding carboxylic acids is 2. The van der Waals surface area contributed by atoms with Crippen LogP contribution in [0.4, 0.5) is 5.69 Å². The van der Waals surface area contributed by atoms with Crippen molar-refractivity contribution in [2.45, 2.75) is 4.90 Å². The van der Waals surface area contributed by atoms with E-state index in [0.29, 0.717) is 5.69 Å². The molecule has 0 aliphatic rings. The Morgan fingerprint density at radius 2 is 2.09 bits per heavy atom. The van der Waals surface area contributed by atoms with Gasteiger partial charge in [0.05, 0.1) is 23.1 Å². The van der Waals surface area contributed by atoms with E-state index in [1.54, 1.807) is 36.5 Å². The summed E-state index contributed by atoms with van der Waals surface area (Å²) in [6, 6.07) is 12.3. The number of hydrogen-bond donors (Lipinski definition) is 1. The lowest BCUT2D eigenvalue weighted by Crippen LogP contribution is -2.21. The minimum Gasteiger partial charge on any atom is -0.452 e. The Balaban J connectivity index is 1.90. The normalized spacial score (nSPS) is 9.70. The van der Waals surface area contributed by atoms with Crippen LogP contribution in [0.3, 0.4) is 0 Å². The maximum atomic E-state index is 11.9. The Hall–Kier alpha value is -2.85.